The molecule has 0 saturated carbocycles. The van der Waals surface area contributed by atoms with E-state index in [1.54, 1.807) is 41.5 Å². The largest absolute Gasteiger partial charge is 1.00 e. The third kappa shape index (κ3) is 2.49. The molecule has 2 aromatic rings. The predicted molar refractivity (Wildman–Crippen MR) is 51.6 cm³/mol. The fraction of sp³-hybridized carbons (Fsp3) is 0. The summed E-state index contributed by atoms with van der Waals surface area (Å²) in [6.07, 6.45) is 6.59. The van der Waals surface area contributed by atoms with Gasteiger partial charge in [-0.15, -0.1) is 0 Å². The summed E-state index contributed by atoms with van der Waals surface area (Å²) in [5.41, 5.74) is 1.12. The Morgan fingerprint density at radius 3 is 2.80 bits per heavy atom. The Hall–Kier alpha value is -1.50. The number of aromatic carboxylic acids is 1. The molecule has 2 aromatic heterocycles. The van der Waals surface area contributed by atoms with Gasteiger partial charge >= 0.3 is 24.8 Å². The van der Waals surface area contributed by atoms with Crippen LogP contribution in [0.3, 0.4) is 0 Å². The molecule has 2 heterocycles. The van der Waals surface area contributed by atoms with Crippen LogP contribution in [0.1, 0.15) is 11.8 Å². The Morgan fingerprint density at radius 1 is 1.47 bits per heavy atom. The molecule has 15 heavy (non-hydrogen) atoms. The Balaban J connectivity index is 0.00000112. The summed E-state index contributed by atoms with van der Waals surface area (Å²) in [5, 5.41) is 8.72. The van der Waals surface area contributed by atoms with Crippen LogP contribution in [0.2, 0.25) is 0 Å². The van der Waals surface area contributed by atoms with Crippen LogP contribution >= 0.6 is 0 Å². The standard InChI is InChI=1S/C10H8N2O2.Li.H/c13-10(14)8-3-5-12(7-8)9-2-1-4-11-6-9;;/h1-7H,(H,13,14);;/q;+1;-1. The molecule has 4 nitrogen and oxygen atoms in total. The summed E-state index contributed by atoms with van der Waals surface area (Å²) >= 11 is 0. The molecule has 1 N–H and O–H groups in total. The van der Waals surface area contributed by atoms with Gasteiger partial charge < -0.3 is 11.1 Å². The molecule has 0 atom stereocenters. The van der Waals surface area contributed by atoms with Gasteiger partial charge in [-0.1, -0.05) is 0 Å². The summed E-state index contributed by atoms with van der Waals surface area (Å²) in [5.74, 6) is -0.923. The second kappa shape index (κ2) is 4.83. The molecule has 0 fully saturated rings. The van der Waals surface area contributed by atoms with E-state index in [1.807, 2.05) is 6.07 Å². The first-order valence-electron chi connectivity index (χ1n) is 4.09. The number of pyridine rings is 1. The van der Waals surface area contributed by atoms with Gasteiger partial charge in [0.15, 0.2) is 0 Å². The number of carbonyl (C=O) groups is 1. The smallest absolute Gasteiger partial charge is 1.00 e. The van der Waals surface area contributed by atoms with Crippen molar-refractivity contribution in [3.8, 4) is 5.69 Å². The molecule has 0 aliphatic heterocycles. The van der Waals surface area contributed by atoms with Crippen LogP contribution in [0, 0.1) is 0 Å². The first-order chi connectivity index (χ1) is 6.77. The normalized spacial score (nSPS) is 9.33. The number of nitrogens with zero attached hydrogens (tertiary/aromatic N) is 2. The number of aromatic nitrogens is 2. The molecule has 2 rings (SSSR count). The van der Waals surface area contributed by atoms with Crippen LogP contribution in [-0.4, -0.2) is 20.6 Å². The maximum atomic E-state index is 10.6. The van der Waals surface area contributed by atoms with Crippen LogP contribution in [0.4, 0.5) is 0 Å². The maximum absolute atomic E-state index is 10.6. The molecule has 0 aromatic carbocycles. The molecule has 72 valence electrons. The number of hydrogen-bond acceptors (Lipinski definition) is 2. The maximum Gasteiger partial charge on any atom is 1.00 e. The first kappa shape index (κ1) is 11.6. The molecular weight excluding hydrogens is 187 g/mol. The van der Waals surface area contributed by atoms with Gasteiger partial charge in [-0.3, -0.25) is 4.98 Å². The van der Waals surface area contributed by atoms with Gasteiger partial charge in [0.05, 0.1) is 17.4 Å². The predicted octanol–water partition coefficient (Wildman–Crippen LogP) is -1.31. The van der Waals surface area contributed by atoms with E-state index in [0.717, 1.165) is 5.69 Å². The van der Waals surface area contributed by atoms with E-state index in [4.69, 9.17) is 5.11 Å². The van der Waals surface area contributed by atoms with Crippen molar-refractivity contribution in [2.45, 2.75) is 0 Å². The summed E-state index contributed by atoms with van der Waals surface area (Å²) < 4.78 is 1.72. The third-order valence-corrected chi connectivity index (χ3v) is 1.88. The van der Waals surface area contributed by atoms with E-state index in [9.17, 15) is 4.79 Å². The second-order valence-corrected chi connectivity index (χ2v) is 2.82. The minimum Gasteiger partial charge on any atom is -1.00 e. The summed E-state index contributed by atoms with van der Waals surface area (Å²) in [7, 11) is 0. The van der Waals surface area contributed by atoms with E-state index in [0.29, 0.717) is 0 Å². The fourth-order valence-electron chi connectivity index (χ4n) is 1.19. The van der Waals surface area contributed by atoms with Crippen LogP contribution < -0.4 is 18.9 Å². The Kier molecular flexibility index (Phi) is 3.72. The number of hydrogen-bond donors (Lipinski definition) is 1. The fourth-order valence-corrected chi connectivity index (χ4v) is 1.19. The zero-order chi connectivity index (χ0) is 9.97. The number of carboxylic acid groups (broad SMARTS) is 1. The zero-order valence-corrected chi connectivity index (χ0v) is 8.29. The van der Waals surface area contributed by atoms with Crippen molar-refractivity contribution in [1.29, 1.82) is 0 Å². The first-order valence-corrected chi connectivity index (χ1v) is 4.09. The average Bonchev–Trinajstić information content (AvgIpc) is 2.68. The second-order valence-electron chi connectivity index (χ2n) is 2.82. The van der Waals surface area contributed by atoms with E-state index in [1.165, 1.54) is 0 Å². The number of carboxylic acids is 1. The molecular formula is C10H9LiN2O2. The van der Waals surface area contributed by atoms with Crippen molar-refractivity contribution >= 4 is 5.97 Å². The van der Waals surface area contributed by atoms with Crippen molar-refractivity contribution in [3.05, 3.63) is 48.5 Å². The van der Waals surface area contributed by atoms with Gasteiger partial charge in [-0.05, 0) is 18.2 Å². The van der Waals surface area contributed by atoms with Crippen LogP contribution in [0.5, 0.6) is 0 Å². The minimum absolute atomic E-state index is 0. The molecule has 0 amide bonds. The van der Waals surface area contributed by atoms with Gasteiger partial charge in [-0.2, -0.15) is 0 Å². The minimum atomic E-state index is -0.923. The molecule has 0 bridgehead atoms. The van der Waals surface area contributed by atoms with Crippen molar-refractivity contribution in [2.24, 2.45) is 0 Å². The zero-order valence-electron chi connectivity index (χ0n) is 9.29. The number of rotatable bonds is 2. The van der Waals surface area contributed by atoms with Gasteiger partial charge in [0.2, 0.25) is 0 Å². The Labute approximate surface area is 100 Å². The van der Waals surface area contributed by atoms with Crippen LogP contribution in [-0.2, 0) is 0 Å². The van der Waals surface area contributed by atoms with Gasteiger partial charge in [0.25, 0.3) is 0 Å². The Morgan fingerprint density at radius 2 is 2.27 bits per heavy atom. The van der Waals surface area contributed by atoms with Gasteiger partial charge in [0.1, 0.15) is 0 Å². The van der Waals surface area contributed by atoms with Crippen LogP contribution in [0.15, 0.2) is 43.0 Å². The molecule has 0 aliphatic rings. The Bertz CT molecular complexity index is 459. The van der Waals surface area contributed by atoms with E-state index in [2.05, 4.69) is 4.98 Å². The topological polar surface area (TPSA) is 55.1 Å². The average molecular weight is 196 g/mol. The summed E-state index contributed by atoms with van der Waals surface area (Å²) in [4.78, 5) is 14.6. The van der Waals surface area contributed by atoms with Gasteiger partial charge in [-0.25, -0.2) is 4.79 Å². The van der Waals surface area contributed by atoms with E-state index in [-0.39, 0.29) is 25.9 Å². The van der Waals surface area contributed by atoms with Crippen LogP contribution in [0.25, 0.3) is 5.69 Å². The summed E-state index contributed by atoms with van der Waals surface area (Å²) in [6.45, 7) is 0. The molecule has 0 radical (unpaired) electrons. The monoisotopic (exact) mass is 196 g/mol. The molecule has 0 unspecified atom stereocenters. The van der Waals surface area contributed by atoms with E-state index < -0.39 is 5.97 Å². The SMILES string of the molecule is O=C(O)c1ccn(-c2cccnc2)c1.[H-].[Li+]. The van der Waals surface area contributed by atoms with Gasteiger partial charge in [0, 0.05) is 18.6 Å². The van der Waals surface area contributed by atoms with Crippen molar-refractivity contribution in [2.75, 3.05) is 0 Å². The molecule has 5 heteroatoms. The molecule has 0 spiro atoms. The summed E-state index contributed by atoms with van der Waals surface area (Å²) in [6, 6.07) is 5.21. The molecule has 0 aliphatic carbocycles. The third-order valence-electron chi connectivity index (χ3n) is 1.88. The molecule has 0 saturated heterocycles. The van der Waals surface area contributed by atoms with Crippen molar-refractivity contribution in [3.63, 3.8) is 0 Å². The van der Waals surface area contributed by atoms with Crippen molar-refractivity contribution < 1.29 is 30.2 Å². The van der Waals surface area contributed by atoms with E-state index >= 15 is 0 Å². The van der Waals surface area contributed by atoms with Crippen molar-refractivity contribution in [1.82, 2.24) is 9.55 Å². The quantitative estimate of drug-likeness (QED) is 0.606.